The van der Waals surface area contributed by atoms with Crippen molar-refractivity contribution in [3.63, 3.8) is 0 Å². The number of aromatic nitrogens is 1. The molecule has 2 N–H and O–H groups in total. The van der Waals surface area contributed by atoms with Crippen LogP contribution in [0.5, 0.6) is 0 Å². The molecule has 0 saturated heterocycles. The van der Waals surface area contributed by atoms with Crippen molar-refractivity contribution in [1.29, 1.82) is 0 Å². The Morgan fingerprint density at radius 3 is 2.00 bits per heavy atom. The average Bonchev–Trinajstić information content (AvgIpc) is 2.69. The first-order valence-electron chi connectivity index (χ1n) is 9.48. The van der Waals surface area contributed by atoms with Crippen molar-refractivity contribution in [1.82, 2.24) is 4.98 Å². The molecule has 3 rings (SSSR count). The Labute approximate surface area is 171 Å². The quantitative estimate of drug-likeness (QED) is 0.647. The van der Waals surface area contributed by atoms with Crippen LogP contribution in [0.2, 0.25) is 0 Å². The predicted octanol–water partition coefficient (Wildman–Crippen LogP) is 5.19. The lowest BCUT2D eigenvalue weighted by atomic mass is 9.87. The molecular weight excluding hydrogens is 362 g/mol. The lowest BCUT2D eigenvalue weighted by molar-refractivity contribution is 0.102. The van der Waals surface area contributed by atoms with Gasteiger partial charge in [-0.1, -0.05) is 51.1 Å². The van der Waals surface area contributed by atoms with Crippen LogP contribution in [0.4, 0.5) is 11.4 Å². The minimum Gasteiger partial charge on any atom is -0.322 e. The molecule has 0 saturated carbocycles. The Balaban J connectivity index is 1.72. The zero-order valence-corrected chi connectivity index (χ0v) is 17.1. The van der Waals surface area contributed by atoms with Gasteiger partial charge in [-0.25, -0.2) is 0 Å². The highest BCUT2D eigenvalue weighted by molar-refractivity contribution is 6.08. The number of nitrogens with one attached hydrogen (secondary N) is 2. The normalized spacial score (nSPS) is 11.0. The van der Waals surface area contributed by atoms with E-state index in [0.717, 1.165) is 11.3 Å². The molecule has 1 heterocycles. The van der Waals surface area contributed by atoms with Gasteiger partial charge in [0.25, 0.3) is 11.8 Å². The smallest absolute Gasteiger partial charge is 0.257 e. The predicted molar refractivity (Wildman–Crippen MR) is 116 cm³/mol. The SMILES string of the molecule is Cc1ccccc1NC(=O)c1cncc(C(=O)Nc2ccc(C(C)(C)C)cc2)c1. The minimum atomic E-state index is -0.313. The van der Waals surface area contributed by atoms with Crippen molar-refractivity contribution in [3.05, 3.63) is 89.2 Å². The van der Waals surface area contributed by atoms with Gasteiger partial charge in [0.05, 0.1) is 11.1 Å². The summed E-state index contributed by atoms with van der Waals surface area (Å²) < 4.78 is 0. The van der Waals surface area contributed by atoms with Gasteiger partial charge >= 0.3 is 0 Å². The van der Waals surface area contributed by atoms with Crippen LogP contribution in [0.25, 0.3) is 0 Å². The standard InChI is InChI=1S/C24H25N3O2/c1-16-7-5-6-8-21(16)27-23(29)18-13-17(14-25-15-18)22(28)26-20-11-9-19(10-12-20)24(2,3)4/h5-15H,1-4H3,(H,26,28)(H,27,29). The fourth-order valence-electron chi connectivity index (χ4n) is 2.85. The monoisotopic (exact) mass is 387 g/mol. The number of carbonyl (C=O) groups is 2. The molecule has 0 unspecified atom stereocenters. The number of anilines is 2. The number of carbonyl (C=O) groups excluding carboxylic acids is 2. The molecule has 1 aromatic heterocycles. The summed E-state index contributed by atoms with van der Waals surface area (Å²) in [6.07, 6.45) is 2.89. The number of nitrogens with zero attached hydrogens (tertiary/aromatic N) is 1. The fraction of sp³-hybridized carbons (Fsp3) is 0.208. The zero-order chi connectivity index (χ0) is 21.0. The summed E-state index contributed by atoms with van der Waals surface area (Å²) >= 11 is 0. The number of aryl methyl sites for hydroxylation is 1. The van der Waals surface area contributed by atoms with Crippen molar-refractivity contribution < 1.29 is 9.59 Å². The zero-order valence-electron chi connectivity index (χ0n) is 17.1. The fourth-order valence-corrected chi connectivity index (χ4v) is 2.85. The maximum absolute atomic E-state index is 12.6. The number of para-hydroxylation sites is 1. The third-order valence-electron chi connectivity index (χ3n) is 4.66. The number of amides is 2. The largest absolute Gasteiger partial charge is 0.322 e. The van der Waals surface area contributed by atoms with Gasteiger partial charge in [0.15, 0.2) is 0 Å². The van der Waals surface area contributed by atoms with Gasteiger partial charge in [0.1, 0.15) is 0 Å². The van der Waals surface area contributed by atoms with Gasteiger partial charge in [-0.05, 0) is 47.7 Å². The Kier molecular flexibility index (Phi) is 5.78. The molecule has 0 bridgehead atoms. The second-order valence-corrected chi connectivity index (χ2v) is 8.01. The van der Waals surface area contributed by atoms with Gasteiger partial charge in [-0.15, -0.1) is 0 Å². The molecular formula is C24H25N3O2. The first-order valence-corrected chi connectivity index (χ1v) is 9.48. The van der Waals surface area contributed by atoms with Crippen LogP contribution in [0.3, 0.4) is 0 Å². The molecule has 2 amide bonds. The second kappa shape index (κ2) is 8.27. The molecule has 0 aliphatic rings. The van der Waals surface area contributed by atoms with E-state index in [1.54, 1.807) is 6.07 Å². The number of rotatable bonds is 4. The van der Waals surface area contributed by atoms with E-state index >= 15 is 0 Å². The molecule has 0 aliphatic heterocycles. The molecule has 5 heteroatoms. The van der Waals surface area contributed by atoms with E-state index in [1.807, 2.05) is 55.5 Å². The van der Waals surface area contributed by atoms with Gasteiger partial charge < -0.3 is 10.6 Å². The molecule has 3 aromatic rings. The van der Waals surface area contributed by atoms with Crippen LogP contribution in [0.1, 0.15) is 52.6 Å². The number of hydrogen-bond acceptors (Lipinski definition) is 3. The van der Waals surface area contributed by atoms with Gasteiger partial charge in [0.2, 0.25) is 0 Å². The maximum atomic E-state index is 12.6. The molecule has 0 aliphatic carbocycles. The second-order valence-electron chi connectivity index (χ2n) is 8.01. The van der Waals surface area contributed by atoms with E-state index in [1.165, 1.54) is 18.0 Å². The molecule has 0 atom stereocenters. The van der Waals surface area contributed by atoms with Crippen LogP contribution >= 0.6 is 0 Å². The number of pyridine rings is 1. The molecule has 0 spiro atoms. The summed E-state index contributed by atoms with van der Waals surface area (Å²) in [5.74, 6) is -0.623. The highest BCUT2D eigenvalue weighted by Gasteiger charge is 2.15. The van der Waals surface area contributed by atoms with Crippen molar-refractivity contribution in [2.45, 2.75) is 33.1 Å². The highest BCUT2D eigenvalue weighted by atomic mass is 16.2. The first-order chi connectivity index (χ1) is 13.7. The Morgan fingerprint density at radius 1 is 0.828 bits per heavy atom. The first kappa shape index (κ1) is 20.3. The molecule has 0 radical (unpaired) electrons. The lowest BCUT2D eigenvalue weighted by Gasteiger charge is -2.19. The van der Waals surface area contributed by atoms with E-state index < -0.39 is 0 Å². The van der Waals surface area contributed by atoms with E-state index in [-0.39, 0.29) is 17.2 Å². The van der Waals surface area contributed by atoms with E-state index in [2.05, 4.69) is 36.4 Å². The maximum Gasteiger partial charge on any atom is 0.257 e. The summed E-state index contributed by atoms with van der Waals surface area (Å²) in [5, 5.41) is 5.70. The summed E-state index contributed by atoms with van der Waals surface area (Å²) in [6.45, 7) is 8.34. The molecule has 5 nitrogen and oxygen atoms in total. The van der Waals surface area contributed by atoms with Crippen LogP contribution < -0.4 is 10.6 Å². The average molecular weight is 387 g/mol. The third-order valence-corrected chi connectivity index (χ3v) is 4.66. The van der Waals surface area contributed by atoms with Crippen molar-refractivity contribution in [2.75, 3.05) is 10.6 Å². The summed E-state index contributed by atoms with van der Waals surface area (Å²) in [4.78, 5) is 29.2. The molecule has 148 valence electrons. The summed E-state index contributed by atoms with van der Waals surface area (Å²) in [7, 11) is 0. The van der Waals surface area contributed by atoms with E-state index in [9.17, 15) is 9.59 Å². The van der Waals surface area contributed by atoms with Gasteiger partial charge in [0, 0.05) is 23.8 Å². The Morgan fingerprint density at radius 2 is 1.41 bits per heavy atom. The molecule has 2 aromatic carbocycles. The highest BCUT2D eigenvalue weighted by Crippen LogP contribution is 2.23. The van der Waals surface area contributed by atoms with E-state index in [4.69, 9.17) is 0 Å². The van der Waals surface area contributed by atoms with Crippen LogP contribution in [0.15, 0.2) is 67.0 Å². The van der Waals surface area contributed by atoms with Crippen LogP contribution in [-0.2, 0) is 5.41 Å². The van der Waals surface area contributed by atoms with Crippen LogP contribution in [-0.4, -0.2) is 16.8 Å². The van der Waals surface area contributed by atoms with Crippen LogP contribution in [0, 0.1) is 6.92 Å². The minimum absolute atomic E-state index is 0.0469. The van der Waals surface area contributed by atoms with Crippen molar-refractivity contribution in [3.8, 4) is 0 Å². The van der Waals surface area contributed by atoms with Crippen molar-refractivity contribution in [2.24, 2.45) is 0 Å². The lowest BCUT2D eigenvalue weighted by Crippen LogP contribution is -2.17. The topological polar surface area (TPSA) is 71.1 Å². The molecule has 29 heavy (non-hydrogen) atoms. The van der Waals surface area contributed by atoms with Gasteiger partial charge in [-0.2, -0.15) is 0 Å². The number of hydrogen-bond donors (Lipinski definition) is 2. The Bertz CT molecular complexity index is 1030. The van der Waals surface area contributed by atoms with Crippen molar-refractivity contribution >= 4 is 23.2 Å². The van der Waals surface area contributed by atoms with E-state index in [0.29, 0.717) is 16.8 Å². The number of benzene rings is 2. The third kappa shape index (κ3) is 5.08. The molecule has 0 fully saturated rings. The summed E-state index contributed by atoms with van der Waals surface area (Å²) in [6, 6.07) is 16.8. The van der Waals surface area contributed by atoms with Gasteiger partial charge in [-0.3, -0.25) is 14.6 Å². The summed E-state index contributed by atoms with van der Waals surface area (Å²) in [5.41, 5.74) is 4.26. The Hall–Kier alpha value is -3.47.